The molecular formula is C16H17NO4. The molecule has 0 spiro atoms. The smallest absolute Gasteiger partial charge is 0.329 e. The maximum Gasteiger partial charge on any atom is 0.329 e. The van der Waals surface area contributed by atoms with Crippen molar-refractivity contribution in [1.29, 1.82) is 0 Å². The van der Waals surface area contributed by atoms with Gasteiger partial charge in [0.05, 0.1) is 12.7 Å². The number of rotatable bonds is 4. The molecule has 110 valence electrons. The number of furan rings is 1. The molecule has 5 nitrogen and oxygen atoms in total. The summed E-state index contributed by atoms with van der Waals surface area (Å²) in [5.74, 6) is -1.24. The lowest BCUT2D eigenvalue weighted by Gasteiger charge is -2.11. The lowest BCUT2D eigenvalue weighted by Crippen LogP contribution is -2.43. The lowest BCUT2D eigenvalue weighted by molar-refractivity contribution is -0.143. The molecule has 2 aromatic rings. The highest BCUT2D eigenvalue weighted by molar-refractivity contribution is 5.93. The number of fused-ring (bicyclic) bond motifs is 1. The van der Waals surface area contributed by atoms with Crippen LogP contribution in [0.5, 0.6) is 0 Å². The Hall–Kier alpha value is -2.30. The molecule has 0 atom stereocenters. The Morgan fingerprint density at radius 1 is 1.33 bits per heavy atom. The van der Waals surface area contributed by atoms with Crippen molar-refractivity contribution in [3.8, 4) is 0 Å². The van der Waals surface area contributed by atoms with Gasteiger partial charge in [0.25, 0.3) is 0 Å². The molecule has 0 aliphatic heterocycles. The third kappa shape index (κ3) is 2.28. The fourth-order valence-corrected chi connectivity index (χ4v) is 2.53. The van der Waals surface area contributed by atoms with E-state index >= 15 is 0 Å². The van der Waals surface area contributed by atoms with Gasteiger partial charge in [0.15, 0.2) is 0 Å². The topological polar surface area (TPSA) is 79.5 Å². The normalized spacial score (nSPS) is 15.9. The van der Waals surface area contributed by atoms with E-state index in [2.05, 4.69) is 5.32 Å². The number of benzene rings is 1. The molecule has 1 heterocycles. The summed E-state index contributed by atoms with van der Waals surface area (Å²) < 4.78 is 5.56. The summed E-state index contributed by atoms with van der Waals surface area (Å²) in [6.07, 6.45) is 2.71. The molecule has 1 aromatic carbocycles. The van der Waals surface area contributed by atoms with Gasteiger partial charge in [-0.3, -0.25) is 4.79 Å². The number of carbonyl (C=O) groups is 2. The highest BCUT2D eigenvalue weighted by Gasteiger charge is 2.51. The fraction of sp³-hybridized carbons (Fsp3) is 0.375. The van der Waals surface area contributed by atoms with Crippen LogP contribution < -0.4 is 5.32 Å². The summed E-state index contributed by atoms with van der Waals surface area (Å²) in [5.41, 5.74) is 2.73. The number of nitrogens with one attached hydrogen (secondary N) is 1. The molecule has 21 heavy (non-hydrogen) atoms. The van der Waals surface area contributed by atoms with Crippen LogP contribution in [0.4, 0.5) is 0 Å². The fourth-order valence-electron chi connectivity index (χ4n) is 2.53. The van der Waals surface area contributed by atoms with Gasteiger partial charge in [0, 0.05) is 10.9 Å². The SMILES string of the molecule is Cc1ccc2c(CC(=O)NC3(C(=O)O)CC3)coc2c1C. The van der Waals surface area contributed by atoms with Crippen molar-refractivity contribution in [2.75, 3.05) is 0 Å². The van der Waals surface area contributed by atoms with Crippen molar-refractivity contribution in [3.63, 3.8) is 0 Å². The molecule has 1 fully saturated rings. The molecule has 0 bridgehead atoms. The number of aliphatic carboxylic acids is 1. The Bertz CT molecular complexity index is 740. The average Bonchev–Trinajstić information content (AvgIpc) is 3.09. The number of carboxylic acid groups (broad SMARTS) is 1. The number of hydrogen-bond donors (Lipinski definition) is 2. The van der Waals surface area contributed by atoms with Crippen LogP contribution in [-0.2, 0) is 16.0 Å². The first-order chi connectivity index (χ1) is 9.93. The third-order valence-corrected chi connectivity index (χ3v) is 4.23. The van der Waals surface area contributed by atoms with E-state index in [1.807, 2.05) is 26.0 Å². The Morgan fingerprint density at radius 3 is 2.67 bits per heavy atom. The number of aryl methyl sites for hydroxylation is 2. The Labute approximate surface area is 121 Å². The summed E-state index contributed by atoms with van der Waals surface area (Å²) in [5, 5.41) is 12.6. The van der Waals surface area contributed by atoms with E-state index in [4.69, 9.17) is 9.52 Å². The second-order valence-electron chi connectivity index (χ2n) is 5.76. The van der Waals surface area contributed by atoms with Gasteiger partial charge in [0.2, 0.25) is 5.91 Å². The molecule has 1 amide bonds. The van der Waals surface area contributed by atoms with Gasteiger partial charge in [-0.25, -0.2) is 4.79 Å². The molecule has 0 unspecified atom stereocenters. The van der Waals surface area contributed by atoms with Crippen molar-refractivity contribution in [2.45, 2.75) is 38.6 Å². The zero-order valence-electron chi connectivity index (χ0n) is 12.0. The van der Waals surface area contributed by atoms with Crippen LogP contribution in [0.1, 0.15) is 29.5 Å². The van der Waals surface area contributed by atoms with Gasteiger partial charge in [-0.2, -0.15) is 0 Å². The van der Waals surface area contributed by atoms with Gasteiger partial charge in [0.1, 0.15) is 11.1 Å². The van der Waals surface area contributed by atoms with E-state index in [0.717, 1.165) is 27.7 Å². The van der Waals surface area contributed by atoms with E-state index in [1.165, 1.54) is 0 Å². The van der Waals surface area contributed by atoms with E-state index in [0.29, 0.717) is 12.8 Å². The molecule has 1 aliphatic rings. The van der Waals surface area contributed by atoms with Crippen LogP contribution in [0.25, 0.3) is 11.0 Å². The van der Waals surface area contributed by atoms with Gasteiger partial charge >= 0.3 is 5.97 Å². The molecule has 5 heteroatoms. The molecule has 1 aliphatic carbocycles. The molecule has 3 rings (SSSR count). The van der Waals surface area contributed by atoms with Gasteiger partial charge < -0.3 is 14.8 Å². The van der Waals surface area contributed by atoms with Crippen LogP contribution in [-0.4, -0.2) is 22.5 Å². The number of carbonyl (C=O) groups excluding carboxylic acids is 1. The number of hydrogen-bond acceptors (Lipinski definition) is 3. The van der Waals surface area contributed by atoms with Crippen LogP contribution in [0.3, 0.4) is 0 Å². The molecule has 0 saturated heterocycles. The summed E-state index contributed by atoms with van der Waals surface area (Å²) in [4.78, 5) is 23.1. The monoisotopic (exact) mass is 287 g/mol. The molecule has 0 radical (unpaired) electrons. The Kier molecular flexibility index (Phi) is 3.01. The maximum atomic E-state index is 12.0. The van der Waals surface area contributed by atoms with Gasteiger partial charge in [-0.05, 0) is 37.8 Å². The average molecular weight is 287 g/mol. The van der Waals surface area contributed by atoms with Gasteiger partial charge in [-0.1, -0.05) is 12.1 Å². The van der Waals surface area contributed by atoms with Crippen molar-refractivity contribution < 1.29 is 19.1 Å². The number of carboxylic acids is 1. The summed E-state index contributed by atoms with van der Waals surface area (Å²) in [7, 11) is 0. The maximum absolute atomic E-state index is 12.0. The second kappa shape index (κ2) is 4.62. The molecule has 2 N–H and O–H groups in total. The standard InChI is InChI=1S/C16H17NO4/c1-9-3-4-12-11(8-21-14(12)10(9)2)7-13(18)17-16(5-6-16)15(19)20/h3-4,8H,5-7H2,1-2H3,(H,17,18)(H,19,20). The minimum atomic E-state index is -1.04. The Balaban J connectivity index is 1.81. The first-order valence-electron chi connectivity index (χ1n) is 6.94. The minimum absolute atomic E-state index is 0.129. The number of amides is 1. The summed E-state index contributed by atoms with van der Waals surface area (Å²) in [6.45, 7) is 3.99. The third-order valence-electron chi connectivity index (χ3n) is 4.23. The minimum Gasteiger partial charge on any atom is -0.480 e. The first-order valence-corrected chi connectivity index (χ1v) is 6.94. The van der Waals surface area contributed by atoms with Crippen LogP contribution >= 0.6 is 0 Å². The Morgan fingerprint density at radius 2 is 2.05 bits per heavy atom. The summed E-state index contributed by atoms with van der Waals surface area (Å²) in [6, 6.07) is 3.93. The molecule has 1 saturated carbocycles. The largest absolute Gasteiger partial charge is 0.480 e. The van der Waals surface area contributed by atoms with E-state index < -0.39 is 11.5 Å². The molecular weight excluding hydrogens is 270 g/mol. The lowest BCUT2D eigenvalue weighted by atomic mass is 10.0. The van der Waals surface area contributed by atoms with E-state index in [-0.39, 0.29) is 12.3 Å². The van der Waals surface area contributed by atoms with Crippen LogP contribution in [0.2, 0.25) is 0 Å². The molecule has 1 aromatic heterocycles. The van der Waals surface area contributed by atoms with Crippen molar-refractivity contribution in [2.24, 2.45) is 0 Å². The zero-order valence-corrected chi connectivity index (χ0v) is 12.0. The highest BCUT2D eigenvalue weighted by atomic mass is 16.4. The van der Waals surface area contributed by atoms with Crippen molar-refractivity contribution in [1.82, 2.24) is 5.32 Å². The van der Waals surface area contributed by atoms with E-state index in [9.17, 15) is 9.59 Å². The van der Waals surface area contributed by atoms with Gasteiger partial charge in [-0.15, -0.1) is 0 Å². The predicted molar refractivity (Wildman–Crippen MR) is 77.1 cm³/mol. The zero-order chi connectivity index (χ0) is 15.2. The quantitative estimate of drug-likeness (QED) is 0.904. The van der Waals surface area contributed by atoms with Crippen LogP contribution in [0, 0.1) is 13.8 Å². The van der Waals surface area contributed by atoms with Crippen molar-refractivity contribution in [3.05, 3.63) is 35.1 Å². The van der Waals surface area contributed by atoms with E-state index in [1.54, 1.807) is 6.26 Å². The van der Waals surface area contributed by atoms with Crippen LogP contribution in [0.15, 0.2) is 22.8 Å². The van der Waals surface area contributed by atoms with Crippen molar-refractivity contribution >= 4 is 22.8 Å². The second-order valence-corrected chi connectivity index (χ2v) is 5.76. The predicted octanol–water partition coefficient (Wildman–Crippen LogP) is 2.33. The first kappa shape index (κ1) is 13.7. The summed E-state index contributed by atoms with van der Waals surface area (Å²) >= 11 is 0. The highest BCUT2D eigenvalue weighted by Crippen LogP contribution is 2.35.